The van der Waals surface area contributed by atoms with Crippen LogP contribution < -0.4 is 0 Å². The second-order valence-corrected chi connectivity index (χ2v) is 7.32. The molecule has 1 saturated carbocycles. The fraction of sp³-hybridized carbons (Fsp3) is 0.818. The zero-order valence-electron chi connectivity index (χ0n) is 10.7. The maximum Gasteiger partial charge on any atom is 0.279 e. The quantitative estimate of drug-likeness (QED) is 0.796. The molecule has 100 valence electrons. The van der Waals surface area contributed by atoms with Gasteiger partial charge in [-0.25, -0.2) is 8.42 Å². The molecule has 2 fully saturated rings. The average Bonchev–Trinajstić information content (AvgIpc) is 2.71. The van der Waals surface area contributed by atoms with Gasteiger partial charge in [0, 0.05) is 19.1 Å². The minimum Gasteiger partial charge on any atom is -0.306 e. The monoisotopic (exact) mass is 270 g/mol. The molecule has 6 nitrogen and oxygen atoms in total. The summed E-state index contributed by atoms with van der Waals surface area (Å²) >= 11 is 0. The predicted octanol–water partition coefficient (Wildman–Crippen LogP) is 0.768. The lowest BCUT2D eigenvalue weighted by atomic mass is 9.68. The van der Waals surface area contributed by atoms with Crippen LogP contribution in [0, 0.1) is 5.92 Å². The first kappa shape index (κ1) is 12.1. The number of aromatic nitrogens is 3. The zero-order chi connectivity index (χ0) is 13.0. The summed E-state index contributed by atoms with van der Waals surface area (Å²) in [7, 11) is -1.84. The number of sulfonamides is 1. The minimum atomic E-state index is -3.50. The molecule has 18 heavy (non-hydrogen) atoms. The Balaban J connectivity index is 1.95. The maximum atomic E-state index is 12.6. The van der Waals surface area contributed by atoms with Crippen molar-refractivity contribution in [2.45, 2.75) is 43.3 Å². The van der Waals surface area contributed by atoms with Crippen LogP contribution in [0.15, 0.2) is 11.5 Å². The van der Waals surface area contributed by atoms with E-state index in [0.717, 1.165) is 19.3 Å². The largest absolute Gasteiger partial charge is 0.306 e. The third-order valence-electron chi connectivity index (χ3n) is 4.51. The Kier molecular flexibility index (Phi) is 2.54. The van der Waals surface area contributed by atoms with Crippen LogP contribution in [-0.2, 0) is 17.1 Å². The Morgan fingerprint density at radius 1 is 1.44 bits per heavy atom. The van der Waals surface area contributed by atoms with Crippen molar-refractivity contribution >= 4 is 10.0 Å². The van der Waals surface area contributed by atoms with E-state index < -0.39 is 10.0 Å². The highest BCUT2D eigenvalue weighted by Gasteiger charge is 2.56. The predicted molar refractivity (Wildman–Crippen MR) is 65.3 cm³/mol. The zero-order valence-corrected chi connectivity index (χ0v) is 11.5. The first-order valence-electron chi connectivity index (χ1n) is 6.33. The lowest BCUT2D eigenvalue weighted by Crippen LogP contribution is -2.68. The van der Waals surface area contributed by atoms with Gasteiger partial charge >= 0.3 is 0 Å². The summed E-state index contributed by atoms with van der Waals surface area (Å²) in [6.45, 7) is 2.69. The number of aryl methyl sites for hydroxylation is 1. The van der Waals surface area contributed by atoms with Crippen molar-refractivity contribution in [2.24, 2.45) is 13.0 Å². The summed E-state index contributed by atoms with van der Waals surface area (Å²) in [4.78, 5) is 0. The molecule has 1 aromatic heterocycles. The third kappa shape index (κ3) is 1.46. The molecule has 0 amide bonds. The highest BCUT2D eigenvalue weighted by molar-refractivity contribution is 7.89. The number of hydrogen-bond donors (Lipinski definition) is 0. The molecule has 0 radical (unpaired) electrons. The van der Waals surface area contributed by atoms with Crippen LogP contribution >= 0.6 is 0 Å². The molecule has 0 aromatic carbocycles. The van der Waals surface area contributed by atoms with E-state index in [0.29, 0.717) is 12.5 Å². The second-order valence-electron chi connectivity index (χ2n) is 5.56. The van der Waals surface area contributed by atoms with E-state index in [1.165, 1.54) is 17.3 Å². The lowest BCUT2D eigenvalue weighted by Gasteiger charge is -2.57. The van der Waals surface area contributed by atoms with Crippen LogP contribution in [0.3, 0.4) is 0 Å². The SMILES string of the molecule is Cn1cnnc1S(=O)(=O)N1C[C@@H]2CCCC[C@@]21C. The molecule has 1 saturated heterocycles. The highest BCUT2D eigenvalue weighted by atomic mass is 32.2. The van der Waals surface area contributed by atoms with Crippen LogP contribution in [-0.4, -0.2) is 39.6 Å². The smallest absolute Gasteiger partial charge is 0.279 e. The van der Waals surface area contributed by atoms with Gasteiger partial charge in [-0.1, -0.05) is 12.8 Å². The van der Waals surface area contributed by atoms with Gasteiger partial charge in [-0.2, -0.15) is 4.31 Å². The van der Waals surface area contributed by atoms with Crippen molar-refractivity contribution in [1.82, 2.24) is 19.1 Å². The summed E-state index contributed by atoms with van der Waals surface area (Å²) in [5.41, 5.74) is -0.205. The third-order valence-corrected chi connectivity index (χ3v) is 6.49. The van der Waals surface area contributed by atoms with Crippen LogP contribution in [0.4, 0.5) is 0 Å². The first-order valence-corrected chi connectivity index (χ1v) is 7.77. The molecule has 0 bridgehead atoms. The Morgan fingerprint density at radius 2 is 2.22 bits per heavy atom. The van der Waals surface area contributed by atoms with Crippen LogP contribution in [0.2, 0.25) is 0 Å². The topological polar surface area (TPSA) is 68.1 Å². The number of hydrogen-bond acceptors (Lipinski definition) is 4. The molecule has 1 aliphatic carbocycles. The van der Waals surface area contributed by atoms with E-state index in [1.54, 1.807) is 11.4 Å². The van der Waals surface area contributed by atoms with Gasteiger partial charge in [0.25, 0.3) is 15.2 Å². The van der Waals surface area contributed by atoms with Gasteiger partial charge in [-0.3, -0.25) is 0 Å². The summed E-state index contributed by atoms with van der Waals surface area (Å²) in [6, 6.07) is 0. The van der Waals surface area contributed by atoms with Gasteiger partial charge in [0.15, 0.2) is 0 Å². The van der Waals surface area contributed by atoms with Gasteiger partial charge in [0.1, 0.15) is 6.33 Å². The van der Waals surface area contributed by atoms with E-state index in [9.17, 15) is 8.42 Å². The molecular formula is C11H18N4O2S. The average molecular weight is 270 g/mol. The van der Waals surface area contributed by atoms with Crippen LogP contribution in [0.1, 0.15) is 32.6 Å². The van der Waals surface area contributed by atoms with E-state index in [2.05, 4.69) is 17.1 Å². The van der Waals surface area contributed by atoms with Gasteiger partial charge in [0.05, 0.1) is 0 Å². The molecule has 0 N–H and O–H groups in total. The van der Waals surface area contributed by atoms with Crippen molar-refractivity contribution in [3.8, 4) is 0 Å². The Morgan fingerprint density at radius 3 is 2.83 bits per heavy atom. The van der Waals surface area contributed by atoms with E-state index in [4.69, 9.17) is 0 Å². The first-order chi connectivity index (χ1) is 8.46. The van der Waals surface area contributed by atoms with Crippen LogP contribution in [0.5, 0.6) is 0 Å². The molecule has 7 heteroatoms. The molecule has 3 rings (SSSR count). The number of rotatable bonds is 2. The number of nitrogens with zero attached hydrogens (tertiary/aromatic N) is 4. The van der Waals surface area contributed by atoms with Crippen molar-refractivity contribution in [3.05, 3.63) is 6.33 Å². The van der Waals surface area contributed by atoms with Crippen molar-refractivity contribution in [1.29, 1.82) is 0 Å². The highest BCUT2D eigenvalue weighted by Crippen LogP contribution is 2.48. The lowest BCUT2D eigenvalue weighted by molar-refractivity contribution is -0.0303. The van der Waals surface area contributed by atoms with E-state index >= 15 is 0 Å². The summed E-state index contributed by atoms with van der Waals surface area (Å²) < 4.78 is 28.2. The van der Waals surface area contributed by atoms with Gasteiger partial charge in [0.2, 0.25) is 0 Å². The van der Waals surface area contributed by atoms with Crippen molar-refractivity contribution < 1.29 is 8.42 Å². The Labute approximate surface area is 107 Å². The molecule has 0 unspecified atom stereocenters. The van der Waals surface area contributed by atoms with Gasteiger partial charge < -0.3 is 4.57 Å². The molecule has 2 heterocycles. The molecular weight excluding hydrogens is 252 g/mol. The van der Waals surface area contributed by atoms with Crippen molar-refractivity contribution in [2.75, 3.05) is 6.54 Å². The standard InChI is InChI=1S/C11H18N4O2S/c1-11-6-4-3-5-9(11)7-15(11)18(16,17)10-13-12-8-14(10)2/h8-9H,3-7H2,1-2H3/t9-,11-/m0/s1. The molecule has 2 aliphatic rings. The fourth-order valence-corrected chi connectivity index (χ4v) is 5.20. The van der Waals surface area contributed by atoms with Gasteiger partial charge in [-0.15, -0.1) is 10.2 Å². The Hall–Kier alpha value is -0.950. The summed E-state index contributed by atoms with van der Waals surface area (Å²) in [5, 5.41) is 7.45. The maximum absolute atomic E-state index is 12.6. The minimum absolute atomic E-state index is 0.0488. The normalized spacial score (nSPS) is 32.9. The summed E-state index contributed by atoms with van der Waals surface area (Å²) in [6.07, 6.45) is 5.85. The molecule has 1 aliphatic heterocycles. The summed E-state index contributed by atoms with van der Waals surface area (Å²) in [5.74, 6) is 0.509. The second kappa shape index (κ2) is 3.77. The van der Waals surface area contributed by atoms with Gasteiger partial charge in [-0.05, 0) is 25.7 Å². The Bertz CT molecular complexity index is 567. The molecule has 1 aromatic rings. The van der Waals surface area contributed by atoms with E-state index in [-0.39, 0.29) is 10.7 Å². The van der Waals surface area contributed by atoms with Crippen molar-refractivity contribution in [3.63, 3.8) is 0 Å². The molecule has 0 spiro atoms. The molecule has 2 atom stereocenters. The van der Waals surface area contributed by atoms with Crippen LogP contribution in [0.25, 0.3) is 0 Å². The van der Waals surface area contributed by atoms with E-state index in [1.807, 2.05) is 0 Å². The fourth-order valence-electron chi connectivity index (χ4n) is 3.28. The number of fused-ring (bicyclic) bond motifs is 1.